The number of nitrogens with one attached hydrogen (secondary N) is 1. The van der Waals surface area contributed by atoms with Crippen LogP contribution in [0.4, 0.5) is 4.79 Å². The molecule has 0 aliphatic carbocycles. The minimum atomic E-state index is 0.0232. The number of ether oxygens (including phenoxy) is 1. The smallest absolute Gasteiger partial charge is 0.317 e. The van der Waals surface area contributed by atoms with E-state index in [4.69, 9.17) is 9.72 Å². The summed E-state index contributed by atoms with van der Waals surface area (Å²) in [4.78, 5) is 18.5. The highest BCUT2D eigenvalue weighted by Crippen LogP contribution is 2.32. The molecule has 122 valence electrons. The van der Waals surface area contributed by atoms with Gasteiger partial charge in [0.15, 0.2) is 0 Å². The summed E-state index contributed by atoms with van der Waals surface area (Å²) in [6.07, 6.45) is 6.22. The highest BCUT2D eigenvalue weighted by Gasteiger charge is 2.29. The van der Waals surface area contributed by atoms with Crippen LogP contribution in [0.1, 0.15) is 49.2 Å². The molecule has 6 nitrogen and oxygen atoms in total. The van der Waals surface area contributed by atoms with Crippen LogP contribution in [-0.4, -0.2) is 53.8 Å². The molecule has 0 bridgehead atoms. The highest BCUT2D eigenvalue weighted by atomic mass is 16.5. The average molecular weight is 306 g/mol. The molecule has 6 heteroatoms. The molecule has 1 unspecified atom stereocenters. The number of hydrogen-bond donors (Lipinski definition) is 1. The van der Waals surface area contributed by atoms with Gasteiger partial charge in [0.05, 0.1) is 6.04 Å². The maximum Gasteiger partial charge on any atom is 0.317 e. The zero-order valence-corrected chi connectivity index (χ0v) is 13.5. The van der Waals surface area contributed by atoms with Crippen LogP contribution in [-0.2, 0) is 4.74 Å². The molecule has 0 aromatic carbocycles. The lowest BCUT2D eigenvalue weighted by molar-refractivity contribution is 0.0817. The number of amides is 2. The van der Waals surface area contributed by atoms with Crippen LogP contribution in [0.3, 0.4) is 0 Å². The van der Waals surface area contributed by atoms with Crippen molar-refractivity contribution in [2.75, 3.05) is 33.4 Å². The third-order valence-electron chi connectivity index (χ3n) is 4.86. The molecule has 1 aromatic rings. The van der Waals surface area contributed by atoms with Gasteiger partial charge in [-0.1, -0.05) is 0 Å². The summed E-state index contributed by atoms with van der Waals surface area (Å²) >= 11 is 0. The SMILES string of the molecule is CNC(=O)N1CCCC(n2c(C)cnc2C2CCOCC2)C1. The number of piperidine rings is 1. The number of aromatic nitrogens is 2. The number of urea groups is 1. The fraction of sp³-hybridized carbons (Fsp3) is 0.750. The number of carbonyl (C=O) groups excluding carboxylic acids is 1. The molecule has 2 fully saturated rings. The molecule has 2 aliphatic rings. The quantitative estimate of drug-likeness (QED) is 0.910. The van der Waals surface area contributed by atoms with Crippen molar-refractivity contribution in [3.05, 3.63) is 17.7 Å². The Hall–Kier alpha value is -1.56. The van der Waals surface area contributed by atoms with E-state index in [1.54, 1.807) is 7.05 Å². The molecule has 3 rings (SSSR count). The first-order valence-electron chi connectivity index (χ1n) is 8.29. The zero-order valence-electron chi connectivity index (χ0n) is 13.5. The van der Waals surface area contributed by atoms with Crippen LogP contribution in [0.25, 0.3) is 0 Å². The van der Waals surface area contributed by atoms with Gasteiger partial charge in [0.1, 0.15) is 5.82 Å². The van der Waals surface area contributed by atoms with Crippen molar-refractivity contribution >= 4 is 6.03 Å². The fourth-order valence-corrected chi connectivity index (χ4v) is 3.71. The van der Waals surface area contributed by atoms with E-state index in [0.717, 1.165) is 52.0 Å². The summed E-state index contributed by atoms with van der Waals surface area (Å²) in [7, 11) is 1.70. The number of aryl methyl sites for hydroxylation is 1. The van der Waals surface area contributed by atoms with E-state index in [2.05, 4.69) is 16.8 Å². The van der Waals surface area contributed by atoms with Gasteiger partial charge in [-0.2, -0.15) is 0 Å². The van der Waals surface area contributed by atoms with Crippen LogP contribution >= 0.6 is 0 Å². The van der Waals surface area contributed by atoms with E-state index in [-0.39, 0.29) is 6.03 Å². The monoisotopic (exact) mass is 306 g/mol. The second-order valence-electron chi connectivity index (χ2n) is 6.31. The van der Waals surface area contributed by atoms with Gasteiger partial charge in [0.2, 0.25) is 0 Å². The molecule has 1 aromatic heterocycles. The Morgan fingerprint density at radius 2 is 2.14 bits per heavy atom. The van der Waals surface area contributed by atoms with E-state index in [1.807, 2.05) is 11.1 Å². The van der Waals surface area contributed by atoms with E-state index in [1.165, 1.54) is 11.5 Å². The molecule has 22 heavy (non-hydrogen) atoms. The predicted octanol–water partition coefficient (Wildman–Crippen LogP) is 2.06. The molecule has 2 aliphatic heterocycles. The first-order chi connectivity index (χ1) is 10.7. The molecule has 2 amide bonds. The van der Waals surface area contributed by atoms with Crippen molar-refractivity contribution in [3.63, 3.8) is 0 Å². The van der Waals surface area contributed by atoms with Crippen molar-refractivity contribution in [2.45, 2.75) is 44.6 Å². The van der Waals surface area contributed by atoms with Gasteiger partial charge in [-0.15, -0.1) is 0 Å². The molecule has 1 atom stereocenters. The lowest BCUT2D eigenvalue weighted by atomic mass is 9.98. The second kappa shape index (κ2) is 6.69. The number of hydrogen-bond acceptors (Lipinski definition) is 3. The van der Waals surface area contributed by atoms with Crippen LogP contribution in [0.5, 0.6) is 0 Å². The van der Waals surface area contributed by atoms with Gasteiger partial charge < -0.3 is 19.5 Å². The summed E-state index contributed by atoms with van der Waals surface area (Å²) in [5.74, 6) is 1.67. The lowest BCUT2D eigenvalue weighted by Gasteiger charge is -2.35. The van der Waals surface area contributed by atoms with Gasteiger partial charge in [0.25, 0.3) is 0 Å². The van der Waals surface area contributed by atoms with Gasteiger partial charge >= 0.3 is 6.03 Å². The molecule has 0 radical (unpaired) electrons. The standard InChI is InChI=1S/C16H26N4O2/c1-12-10-18-15(13-5-8-22-9-6-13)20(12)14-4-3-7-19(11-14)16(21)17-2/h10,13-14H,3-9,11H2,1-2H3,(H,17,21). The highest BCUT2D eigenvalue weighted by molar-refractivity contribution is 5.73. The fourth-order valence-electron chi connectivity index (χ4n) is 3.71. The molecular weight excluding hydrogens is 280 g/mol. The summed E-state index contributed by atoms with van der Waals surface area (Å²) in [6, 6.07) is 0.362. The van der Waals surface area contributed by atoms with E-state index in [9.17, 15) is 4.79 Å². The minimum absolute atomic E-state index is 0.0232. The van der Waals surface area contributed by atoms with Crippen molar-refractivity contribution in [1.29, 1.82) is 0 Å². The Balaban J connectivity index is 1.81. The van der Waals surface area contributed by atoms with Crippen LogP contribution in [0, 0.1) is 6.92 Å². The Morgan fingerprint density at radius 1 is 1.36 bits per heavy atom. The number of imidazole rings is 1. The van der Waals surface area contributed by atoms with E-state index < -0.39 is 0 Å². The number of carbonyl (C=O) groups is 1. The van der Waals surface area contributed by atoms with Crippen LogP contribution in [0.2, 0.25) is 0 Å². The van der Waals surface area contributed by atoms with E-state index >= 15 is 0 Å². The minimum Gasteiger partial charge on any atom is -0.381 e. The Labute approximate surface area is 131 Å². The molecule has 1 N–H and O–H groups in total. The van der Waals surface area contributed by atoms with Gasteiger partial charge in [-0.3, -0.25) is 0 Å². The molecule has 0 spiro atoms. The third kappa shape index (κ3) is 2.97. The normalized spacial score (nSPS) is 23.5. The summed E-state index contributed by atoms with van der Waals surface area (Å²) < 4.78 is 7.86. The third-order valence-corrected chi connectivity index (χ3v) is 4.86. The molecular formula is C16H26N4O2. The topological polar surface area (TPSA) is 59.4 Å². The van der Waals surface area contributed by atoms with Crippen molar-refractivity contribution in [3.8, 4) is 0 Å². The van der Waals surface area contributed by atoms with Gasteiger partial charge in [-0.25, -0.2) is 9.78 Å². The average Bonchev–Trinajstić information content (AvgIpc) is 2.96. The molecule has 3 heterocycles. The van der Waals surface area contributed by atoms with Crippen LogP contribution < -0.4 is 5.32 Å². The maximum absolute atomic E-state index is 11.9. The Bertz CT molecular complexity index is 522. The van der Waals surface area contributed by atoms with E-state index in [0.29, 0.717) is 12.0 Å². The van der Waals surface area contributed by atoms with Crippen LogP contribution in [0.15, 0.2) is 6.20 Å². The first-order valence-corrected chi connectivity index (χ1v) is 8.29. The Kier molecular flexibility index (Phi) is 4.66. The van der Waals surface area contributed by atoms with Crippen molar-refractivity contribution in [2.24, 2.45) is 0 Å². The largest absolute Gasteiger partial charge is 0.381 e. The first kappa shape index (κ1) is 15.3. The summed E-state index contributed by atoms with van der Waals surface area (Å²) in [5, 5.41) is 2.74. The molecule has 0 saturated carbocycles. The predicted molar refractivity (Wildman–Crippen MR) is 84.1 cm³/mol. The Morgan fingerprint density at radius 3 is 2.86 bits per heavy atom. The van der Waals surface area contributed by atoms with Crippen molar-refractivity contribution < 1.29 is 9.53 Å². The van der Waals surface area contributed by atoms with Crippen molar-refractivity contribution in [1.82, 2.24) is 19.8 Å². The summed E-state index contributed by atoms with van der Waals surface area (Å²) in [6.45, 7) is 5.38. The van der Waals surface area contributed by atoms with Gasteiger partial charge in [-0.05, 0) is 32.6 Å². The summed E-state index contributed by atoms with van der Waals surface area (Å²) in [5.41, 5.74) is 1.20. The maximum atomic E-state index is 11.9. The lowest BCUT2D eigenvalue weighted by Crippen LogP contribution is -2.45. The second-order valence-corrected chi connectivity index (χ2v) is 6.31. The molecule has 2 saturated heterocycles. The number of rotatable bonds is 2. The number of likely N-dealkylation sites (tertiary alicyclic amines) is 1. The zero-order chi connectivity index (χ0) is 15.5. The number of nitrogens with zero attached hydrogens (tertiary/aromatic N) is 3. The van der Waals surface area contributed by atoms with Gasteiger partial charge in [0, 0.05) is 51.2 Å².